The molecule has 0 saturated carbocycles. The zero-order chi connectivity index (χ0) is 21.7. The first-order chi connectivity index (χ1) is 15.0. The van der Waals surface area contributed by atoms with Gasteiger partial charge in [-0.1, -0.05) is 12.1 Å². The lowest BCUT2D eigenvalue weighted by atomic mass is 10.2. The van der Waals surface area contributed by atoms with E-state index in [0.29, 0.717) is 34.3 Å². The number of rotatable bonds is 5. The molecule has 4 aromatic heterocycles. The van der Waals surface area contributed by atoms with E-state index in [0.717, 1.165) is 20.7 Å². The maximum absolute atomic E-state index is 13.2. The monoisotopic (exact) mass is 434 g/mol. The number of nitrogens with zero attached hydrogens (tertiary/aromatic N) is 4. The highest BCUT2D eigenvalue weighted by Gasteiger charge is 2.19. The number of nitrogens with one attached hydrogen (secondary N) is 3. The van der Waals surface area contributed by atoms with Gasteiger partial charge in [-0.25, -0.2) is 14.5 Å². The molecule has 0 aliphatic heterocycles. The zero-order valence-electron chi connectivity index (χ0n) is 16.5. The highest BCUT2D eigenvalue weighted by Crippen LogP contribution is 2.31. The van der Waals surface area contributed by atoms with Gasteiger partial charge in [0.05, 0.1) is 28.5 Å². The summed E-state index contributed by atoms with van der Waals surface area (Å²) >= 11 is 1.45. The Labute approximate surface area is 178 Å². The first kappa shape index (κ1) is 19.0. The van der Waals surface area contributed by atoms with Crippen LogP contribution in [0.5, 0.6) is 0 Å². The third-order valence-corrected chi connectivity index (χ3v) is 6.24. The topological polar surface area (TPSA) is 151 Å². The summed E-state index contributed by atoms with van der Waals surface area (Å²) in [6.45, 7) is 0.222. The number of thiazole rings is 1. The van der Waals surface area contributed by atoms with E-state index in [1.807, 2.05) is 12.1 Å². The molecule has 10 nitrogen and oxygen atoms in total. The van der Waals surface area contributed by atoms with Gasteiger partial charge in [-0.2, -0.15) is 5.10 Å². The summed E-state index contributed by atoms with van der Waals surface area (Å²) in [5.74, 6) is 0. The second kappa shape index (κ2) is 7.06. The Morgan fingerprint density at radius 2 is 2.16 bits per heavy atom. The molecular weight excluding hydrogens is 416 g/mol. The maximum atomic E-state index is 13.2. The molecule has 0 saturated heterocycles. The highest BCUT2D eigenvalue weighted by molar-refractivity contribution is 7.19. The first-order valence-corrected chi connectivity index (χ1v) is 10.3. The number of hydrogen-bond donors (Lipinski definition) is 4. The number of nitrogens with two attached hydrogens (primary N) is 1. The predicted octanol–water partition coefficient (Wildman–Crippen LogP) is 1.60. The smallest absolute Gasteiger partial charge is 0.323 e. The summed E-state index contributed by atoms with van der Waals surface area (Å²) in [6.07, 6.45) is 4.91. The van der Waals surface area contributed by atoms with Crippen molar-refractivity contribution < 1.29 is 0 Å². The van der Waals surface area contributed by atoms with Crippen LogP contribution in [-0.4, -0.2) is 35.0 Å². The first-order valence-electron chi connectivity index (χ1n) is 9.45. The van der Waals surface area contributed by atoms with Crippen LogP contribution < -0.4 is 17.0 Å². The molecule has 5 rings (SSSR count). The van der Waals surface area contributed by atoms with Gasteiger partial charge in [-0.05, 0) is 23.9 Å². The molecule has 1 aromatic carbocycles. The van der Waals surface area contributed by atoms with Crippen LogP contribution in [0.4, 0.5) is 0 Å². The van der Waals surface area contributed by atoms with Gasteiger partial charge in [0.15, 0.2) is 5.65 Å². The lowest BCUT2D eigenvalue weighted by Gasteiger charge is -2.06. The molecule has 31 heavy (non-hydrogen) atoms. The number of aromatic amines is 2. The number of fused-ring (bicyclic) bond motifs is 4. The summed E-state index contributed by atoms with van der Waals surface area (Å²) < 4.78 is 4.02. The number of imidazole rings is 1. The number of hydrogen-bond acceptors (Lipinski definition) is 7. The van der Waals surface area contributed by atoms with Crippen molar-refractivity contribution in [2.45, 2.75) is 13.0 Å². The van der Waals surface area contributed by atoms with E-state index in [2.05, 4.69) is 20.1 Å². The van der Waals surface area contributed by atoms with Crippen LogP contribution >= 0.6 is 11.3 Å². The van der Waals surface area contributed by atoms with Crippen LogP contribution in [0.1, 0.15) is 10.6 Å². The SMILES string of the molecule is Cn1c2nc(CC(=N)/C=C\N)sc2c2cnn(Cc3cccc4[nH]c(=O)[nH]c34)c(=O)c21. The zero-order valence-corrected chi connectivity index (χ0v) is 17.3. The highest BCUT2D eigenvalue weighted by atomic mass is 32.1. The van der Waals surface area contributed by atoms with E-state index in [9.17, 15) is 9.59 Å². The van der Waals surface area contributed by atoms with E-state index < -0.39 is 0 Å². The Balaban J connectivity index is 1.59. The molecule has 0 aliphatic rings. The fourth-order valence-corrected chi connectivity index (χ4v) is 4.90. The number of H-pyrrole nitrogens is 2. The van der Waals surface area contributed by atoms with Crippen LogP contribution in [0.3, 0.4) is 0 Å². The largest absolute Gasteiger partial charge is 0.405 e. The van der Waals surface area contributed by atoms with Gasteiger partial charge in [-0.15, -0.1) is 11.3 Å². The molecule has 5 N–H and O–H groups in total. The quantitative estimate of drug-likeness (QED) is 0.310. The lowest BCUT2D eigenvalue weighted by Crippen LogP contribution is -2.24. The fraction of sp³-hybridized carbons (Fsp3) is 0.150. The van der Waals surface area contributed by atoms with E-state index >= 15 is 0 Å². The van der Waals surface area contributed by atoms with E-state index in [1.165, 1.54) is 28.3 Å². The summed E-state index contributed by atoms with van der Waals surface area (Å²) in [7, 11) is 1.80. The third-order valence-electron chi connectivity index (χ3n) is 5.17. The number of benzene rings is 1. The molecule has 0 radical (unpaired) electrons. The minimum absolute atomic E-state index is 0.222. The molecule has 4 heterocycles. The molecule has 0 spiro atoms. The number of para-hydroxylation sites is 1. The molecule has 11 heteroatoms. The van der Waals surface area contributed by atoms with E-state index in [1.54, 1.807) is 23.9 Å². The standard InChI is InChI=1S/C20H18N8O2S/c1-27-16-12(17-18(27)25-14(31-17)7-11(22)5-6-21)8-23-28(19(16)29)9-10-3-2-4-13-15(10)26-20(30)24-13/h2-6,8,22H,7,9,21H2,1H3,(H2,24,26,30)/b6-5-,22-11?. The minimum atomic E-state index is -0.294. The van der Waals surface area contributed by atoms with Gasteiger partial charge < -0.3 is 25.7 Å². The van der Waals surface area contributed by atoms with Gasteiger partial charge in [0, 0.05) is 24.6 Å². The lowest BCUT2D eigenvalue weighted by molar-refractivity contribution is 0.646. The van der Waals surface area contributed by atoms with Gasteiger partial charge in [-0.3, -0.25) is 4.79 Å². The van der Waals surface area contributed by atoms with Crippen molar-refractivity contribution in [3.63, 3.8) is 0 Å². The third kappa shape index (κ3) is 3.06. The molecule has 0 atom stereocenters. The fourth-order valence-electron chi connectivity index (χ4n) is 3.77. The Bertz CT molecular complexity index is 1630. The van der Waals surface area contributed by atoms with E-state index in [-0.39, 0.29) is 17.8 Å². The molecule has 156 valence electrons. The van der Waals surface area contributed by atoms with Crippen molar-refractivity contribution in [1.82, 2.24) is 29.3 Å². The van der Waals surface area contributed by atoms with Crippen molar-refractivity contribution in [2.24, 2.45) is 12.8 Å². The predicted molar refractivity (Wildman–Crippen MR) is 121 cm³/mol. The molecule has 0 aliphatic carbocycles. The Kier molecular flexibility index (Phi) is 4.33. The Morgan fingerprint density at radius 3 is 2.97 bits per heavy atom. The van der Waals surface area contributed by atoms with Gasteiger partial charge in [0.1, 0.15) is 10.5 Å². The minimum Gasteiger partial charge on any atom is -0.405 e. The maximum Gasteiger partial charge on any atom is 0.323 e. The van der Waals surface area contributed by atoms with Gasteiger partial charge >= 0.3 is 5.69 Å². The van der Waals surface area contributed by atoms with Crippen molar-refractivity contribution in [3.8, 4) is 0 Å². The van der Waals surface area contributed by atoms with Crippen LogP contribution in [0.2, 0.25) is 0 Å². The van der Waals surface area contributed by atoms with Crippen LogP contribution in [0.25, 0.3) is 32.3 Å². The second-order valence-corrected chi connectivity index (χ2v) is 8.25. The van der Waals surface area contributed by atoms with Crippen molar-refractivity contribution in [2.75, 3.05) is 0 Å². The molecule has 5 aromatic rings. The van der Waals surface area contributed by atoms with Gasteiger partial charge in [0.2, 0.25) is 0 Å². The van der Waals surface area contributed by atoms with Crippen LogP contribution in [0, 0.1) is 5.41 Å². The molecule has 0 amide bonds. The summed E-state index contributed by atoms with van der Waals surface area (Å²) in [4.78, 5) is 35.0. The molecule has 0 fully saturated rings. The Morgan fingerprint density at radius 1 is 1.32 bits per heavy atom. The van der Waals surface area contributed by atoms with Crippen molar-refractivity contribution in [1.29, 1.82) is 5.41 Å². The van der Waals surface area contributed by atoms with Crippen LogP contribution in [-0.2, 0) is 20.0 Å². The number of aromatic nitrogens is 6. The average molecular weight is 434 g/mol. The average Bonchev–Trinajstić information content (AvgIpc) is 3.38. The number of allylic oxidation sites excluding steroid dienone is 1. The van der Waals surface area contributed by atoms with Gasteiger partial charge in [0.25, 0.3) is 5.56 Å². The van der Waals surface area contributed by atoms with E-state index in [4.69, 9.17) is 11.1 Å². The summed E-state index contributed by atoms with van der Waals surface area (Å²) in [5, 5.41) is 13.8. The summed E-state index contributed by atoms with van der Waals surface area (Å²) in [5.41, 5.74) is 8.52. The number of aryl methyl sites for hydroxylation is 1. The van der Waals surface area contributed by atoms with Crippen LogP contribution in [0.15, 0.2) is 46.3 Å². The second-order valence-electron chi connectivity index (χ2n) is 7.17. The molecule has 0 unspecified atom stereocenters. The summed E-state index contributed by atoms with van der Waals surface area (Å²) in [6, 6.07) is 5.48. The van der Waals surface area contributed by atoms with Crippen molar-refractivity contribution >= 4 is 49.3 Å². The molecule has 0 bridgehead atoms. The van der Waals surface area contributed by atoms with Crippen molar-refractivity contribution in [3.05, 3.63) is 68.1 Å². The molecular formula is C20H18N8O2S. The normalized spacial score (nSPS) is 12.0. The Hall–Kier alpha value is -3.99.